The first-order chi connectivity index (χ1) is 32.3. The third-order valence-corrected chi connectivity index (χ3v) is 11.9. The maximum Gasteiger partial charge on any atom is 0.280 e. The molecule has 0 aromatic carbocycles. The second-order valence-electron chi connectivity index (χ2n) is 15.4. The number of fused-ring (bicyclic) bond motifs is 2. The SMILES string of the molecule is CNc1cc(Nc2cccn(-c3ccc(OC)cn3)c2=O)nc2c(C(=O)N[C@H]3C[C@H]3F)cnn12.CNc1cc(Nc2cccn(-c3nc(C)c(C)s3)c2=O)nc2c(C(=O)N[C@H]3C[C@H]3F)cnn12. The van der Waals surface area contributed by atoms with E-state index in [0.717, 1.165) is 10.6 Å². The Kier molecular flexibility index (Phi) is 11.8. The van der Waals surface area contributed by atoms with Crippen molar-refractivity contribution in [2.75, 3.05) is 42.5 Å². The number of carbonyl (C=O) groups is 2. The second kappa shape index (κ2) is 17.9. The Bertz CT molecular complexity index is 3290. The van der Waals surface area contributed by atoms with Crippen LogP contribution >= 0.6 is 11.3 Å². The van der Waals surface area contributed by atoms with E-state index in [1.54, 1.807) is 75.0 Å². The Morgan fingerprint density at radius 1 is 0.731 bits per heavy atom. The number of nitrogens with one attached hydrogen (secondary N) is 6. The molecule has 2 aliphatic rings. The highest BCUT2D eigenvalue weighted by atomic mass is 32.1. The maximum atomic E-state index is 13.2. The smallest absolute Gasteiger partial charge is 0.280 e. The summed E-state index contributed by atoms with van der Waals surface area (Å²) in [4.78, 5) is 70.2. The third-order valence-electron chi connectivity index (χ3n) is 10.8. The summed E-state index contributed by atoms with van der Waals surface area (Å²) in [6.45, 7) is 3.86. The molecule has 0 bridgehead atoms. The van der Waals surface area contributed by atoms with Gasteiger partial charge in [-0.1, -0.05) is 0 Å². The number of amides is 2. The average molecular weight is 933 g/mol. The lowest BCUT2D eigenvalue weighted by Crippen LogP contribution is -2.27. The van der Waals surface area contributed by atoms with E-state index in [4.69, 9.17) is 4.74 Å². The van der Waals surface area contributed by atoms with Gasteiger partial charge in [-0.15, -0.1) is 11.3 Å². The Hall–Kier alpha value is -8.28. The van der Waals surface area contributed by atoms with Crippen LogP contribution in [0.1, 0.15) is 44.1 Å². The molecule has 344 valence electrons. The largest absolute Gasteiger partial charge is 0.495 e. The standard InChI is InChI=1S/C22H21FN8O3.C21H21FN8O2S/c1-24-19-9-17(29-20-13(11-26-31(19)20)21(32)28-16-8-14(16)23)27-15-4-3-7-30(22(15)33)18-6-5-12(34-2)10-25-18;1-10-11(2)33-21(25-10)29-6-4-5-14(20(29)32)26-16-8-17(23-3)30-18(28-16)12(9-24-30)19(31)27-15-7-13(15)22/h3-7,9-11,14,16,24H,8H2,1-2H3,(H,27,29)(H,28,32);4-6,8-9,13,15,23H,7H2,1-3H3,(H,26,28)(H,27,31)/t14-,16+;13-,15+/m11/s1. The van der Waals surface area contributed by atoms with Gasteiger partial charge in [-0.3, -0.25) is 28.3 Å². The molecule has 6 N–H and O–H groups in total. The number of aryl methyl sites for hydroxylation is 2. The fraction of sp³-hybridized carbons (Fsp3) is 0.256. The number of halogens is 2. The van der Waals surface area contributed by atoms with Crippen LogP contribution in [0.25, 0.3) is 22.2 Å². The number of aromatic nitrogens is 10. The molecule has 4 atom stereocenters. The topological polar surface area (TPSA) is 246 Å². The van der Waals surface area contributed by atoms with E-state index in [9.17, 15) is 28.0 Å². The molecule has 0 radical (unpaired) electrons. The zero-order chi connectivity index (χ0) is 47.1. The number of nitrogens with zero attached hydrogens (tertiary/aromatic N) is 10. The molecule has 8 aromatic rings. The molecule has 0 unspecified atom stereocenters. The van der Waals surface area contributed by atoms with Crippen LogP contribution in [0.5, 0.6) is 5.75 Å². The predicted molar refractivity (Wildman–Crippen MR) is 247 cm³/mol. The van der Waals surface area contributed by atoms with Gasteiger partial charge in [-0.2, -0.15) is 19.2 Å². The Morgan fingerprint density at radius 3 is 1.67 bits per heavy atom. The minimum atomic E-state index is -1.02. The molecular formula is C43H42F2N16O5S. The third kappa shape index (κ3) is 8.92. The van der Waals surface area contributed by atoms with Crippen molar-refractivity contribution < 1.29 is 23.1 Å². The van der Waals surface area contributed by atoms with Crippen LogP contribution in [0.4, 0.5) is 43.4 Å². The average Bonchev–Trinajstić information content (AvgIpc) is 3.96. The van der Waals surface area contributed by atoms with Crippen LogP contribution in [0.2, 0.25) is 0 Å². The molecule has 8 aromatic heterocycles. The number of anilines is 6. The van der Waals surface area contributed by atoms with Gasteiger partial charge in [0.1, 0.15) is 69.7 Å². The van der Waals surface area contributed by atoms with Crippen LogP contribution in [0.3, 0.4) is 0 Å². The summed E-state index contributed by atoms with van der Waals surface area (Å²) < 4.78 is 37.4. The van der Waals surface area contributed by atoms with Gasteiger partial charge in [0.2, 0.25) is 0 Å². The van der Waals surface area contributed by atoms with Gasteiger partial charge in [0.15, 0.2) is 16.4 Å². The normalized spacial score (nSPS) is 17.0. The van der Waals surface area contributed by atoms with Crippen LogP contribution in [-0.4, -0.2) is 106 Å². The summed E-state index contributed by atoms with van der Waals surface area (Å²) in [5.74, 6) is 1.85. The number of thiazole rings is 1. The van der Waals surface area contributed by atoms with Crippen LogP contribution in [0.15, 0.2) is 89.1 Å². The lowest BCUT2D eigenvalue weighted by molar-refractivity contribution is 0.0940. The molecule has 21 nitrogen and oxygen atoms in total. The van der Waals surface area contributed by atoms with E-state index in [0.29, 0.717) is 58.5 Å². The monoisotopic (exact) mass is 932 g/mol. The summed E-state index contributed by atoms with van der Waals surface area (Å²) in [6.07, 6.45) is 6.13. The minimum absolute atomic E-state index is 0.201. The number of hydrogen-bond donors (Lipinski definition) is 6. The molecule has 10 rings (SSSR count). The molecule has 2 fully saturated rings. The van der Waals surface area contributed by atoms with E-state index in [2.05, 4.69) is 62.0 Å². The number of carbonyl (C=O) groups excluding carboxylic acids is 2. The zero-order valence-electron chi connectivity index (χ0n) is 36.4. The van der Waals surface area contributed by atoms with E-state index in [1.165, 1.54) is 55.2 Å². The number of methoxy groups -OCH3 is 1. The van der Waals surface area contributed by atoms with Gasteiger partial charge in [-0.05, 0) is 50.2 Å². The Balaban J connectivity index is 0.000000168. The van der Waals surface area contributed by atoms with Crippen molar-refractivity contribution in [2.45, 2.75) is 51.1 Å². The van der Waals surface area contributed by atoms with Crippen molar-refractivity contribution in [1.82, 2.24) is 58.9 Å². The first-order valence-electron chi connectivity index (χ1n) is 20.8. The maximum absolute atomic E-state index is 13.2. The molecule has 8 heterocycles. The van der Waals surface area contributed by atoms with Gasteiger partial charge in [0.25, 0.3) is 22.9 Å². The van der Waals surface area contributed by atoms with Crippen LogP contribution in [0, 0.1) is 13.8 Å². The number of alkyl halides is 2. The summed E-state index contributed by atoms with van der Waals surface area (Å²) in [5.41, 5.74) is 1.75. The highest BCUT2D eigenvalue weighted by molar-refractivity contribution is 7.14. The summed E-state index contributed by atoms with van der Waals surface area (Å²) >= 11 is 1.44. The lowest BCUT2D eigenvalue weighted by Gasteiger charge is -2.12. The van der Waals surface area contributed by atoms with Crippen molar-refractivity contribution in [2.24, 2.45) is 0 Å². The summed E-state index contributed by atoms with van der Waals surface area (Å²) in [5, 5.41) is 26.4. The first-order valence-corrected chi connectivity index (χ1v) is 21.6. The van der Waals surface area contributed by atoms with Gasteiger partial charge >= 0.3 is 0 Å². The van der Waals surface area contributed by atoms with Gasteiger partial charge in [-0.25, -0.2) is 28.7 Å². The number of ether oxygens (including phenoxy) is 1. The van der Waals surface area contributed by atoms with E-state index >= 15 is 0 Å². The van der Waals surface area contributed by atoms with Gasteiger partial charge in [0, 0.05) is 56.3 Å². The van der Waals surface area contributed by atoms with Crippen molar-refractivity contribution in [3.63, 3.8) is 0 Å². The molecule has 2 saturated carbocycles. The van der Waals surface area contributed by atoms with E-state index in [1.807, 2.05) is 13.8 Å². The Morgan fingerprint density at radius 2 is 1.24 bits per heavy atom. The molecule has 24 heteroatoms. The summed E-state index contributed by atoms with van der Waals surface area (Å²) in [7, 11) is 4.94. The number of rotatable bonds is 13. The number of hydrogen-bond acceptors (Lipinski definition) is 16. The molecule has 0 spiro atoms. The molecule has 0 aliphatic heterocycles. The lowest BCUT2D eigenvalue weighted by atomic mass is 10.3. The predicted octanol–water partition coefficient (Wildman–Crippen LogP) is 4.49. The van der Waals surface area contributed by atoms with Crippen molar-refractivity contribution in [1.29, 1.82) is 0 Å². The van der Waals surface area contributed by atoms with Crippen LogP contribution < -0.4 is 47.8 Å². The molecular weight excluding hydrogens is 891 g/mol. The quantitative estimate of drug-likeness (QED) is 0.0933. The Labute approximate surface area is 382 Å². The highest BCUT2D eigenvalue weighted by Gasteiger charge is 2.40. The minimum Gasteiger partial charge on any atom is -0.495 e. The first kappa shape index (κ1) is 43.9. The van der Waals surface area contributed by atoms with E-state index in [-0.39, 0.29) is 39.2 Å². The van der Waals surface area contributed by atoms with E-state index < -0.39 is 36.2 Å². The zero-order valence-corrected chi connectivity index (χ0v) is 37.2. The van der Waals surface area contributed by atoms with Crippen LogP contribution in [-0.2, 0) is 0 Å². The highest BCUT2D eigenvalue weighted by Crippen LogP contribution is 2.28. The number of pyridine rings is 3. The van der Waals surface area contributed by atoms with Gasteiger partial charge < -0.3 is 36.6 Å². The van der Waals surface area contributed by atoms with Crippen molar-refractivity contribution >= 4 is 69.1 Å². The molecule has 2 aliphatic carbocycles. The fourth-order valence-electron chi connectivity index (χ4n) is 6.83. The van der Waals surface area contributed by atoms with Crippen molar-refractivity contribution in [3.05, 3.63) is 122 Å². The molecule has 0 saturated heterocycles. The fourth-order valence-corrected chi connectivity index (χ4v) is 7.72. The van der Waals surface area contributed by atoms with Crippen molar-refractivity contribution in [3.8, 4) is 16.7 Å². The second-order valence-corrected chi connectivity index (χ2v) is 16.6. The summed E-state index contributed by atoms with van der Waals surface area (Å²) in [6, 6.07) is 12.5. The van der Waals surface area contributed by atoms with Gasteiger partial charge in [0.05, 0.1) is 43.5 Å². The molecule has 67 heavy (non-hydrogen) atoms. The molecule has 2 amide bonds.